The first-order valence-electron chi connectivity index (χ1n) is 9.48. The van der Waals surface area contributed by atoms with Gasteiger partial charge in [0.15, 0.2) is 0 Å². The van der Waals surface area contributed by atoms with Gasteiger partial charge in [-0.1, -0.05) is 13.8 Å². The molecule has 0 aliphatic carbocycles. The van der Waals surface area contributed by atoms with Crippen LogP contribution in [0.25, 0.3) is 11.3 Å². The first-order chi connectivity index (χ1) is 13.7. The quantitative estimate of drug-likeness (QED) is 0.536. The predicted molar refractivity (Wildman–Crippen MR) is 107 cm³/mol. The molecule has 8 heteroatoms. The van der Waals surface area contributed by atoms with E-state index >= 15 is 0 Å². The third-order valence-corrected chi connectivity index (χ3v) is 4.34. The Hall–Kier alpha value is -2.64. The van der Waals surface area contributed by atoms with Crippen LogP contribution in [0.2, 0.25) is 0 Å². The molecule has 0 N–H and O–H groups in total. The van der Waals surface area contributed by atoms with Crippen molar-refractivity contribution in [3.05, 3.63) is 29.8 Å². The maximum atomic E-state index is 12.5. The molecule has 0 radical (unpaired) electrons. The van der Waals surface area contributed by atoms with Crippen LogP contribution in [-0.2, 0) is 0 Å². The van der Waals surface area contributed by atoms with Crippen molar-refractivity contribution in [3.8, 4) is 28.6 Å². The molecule has 0 spiro atoms. The van der Waals surface area contributed by atoms with E-state index in [9.17, 15) is 13.2 Å². The number of hydrogen-bond donors (Lipinski definition) is 0. The number of aryl methyl sites for hydroxylation is 1. The number of anilines is 1. The van der Waals surface area contributed by atoms with Crippen LogP contribution in [0.15, 0.2) is 24.3 Å². The summed E-state index contributed by atoms with van der Waals surface area (Å²) in [6, 6.07) is 5.94. The Morgan fingerprint density at radius 1 is 1.00 bits per heavy atom. The fourth-order valence-electron chi connectivity index (χ4n) is 3.19. The van der Waals surface area contributed by atoms with Crippen LogP contribution in [0.4, 0.5) is 18.9 Å². The zero-order chi connectivity index (χ0) is 21.6. The average Bonchev–Trinajstić information content (AvgIpc) is 2.66. The third kappa shape index (κ3) is 5.68. The molecule has 0 amide bonds. The lowest BCUT2D eigenvalue weighted by Crippen LogP contribution is -2.25. The highest BCUT2D eigenvalue weighted by Gasteiger charge is 2.31. The minimum atomic E-state index is -4.77. The summed E-state index contributed by atoms with van der Waals surface area (Å²) < 4.78 is 52.4. The Labute approximate surface area is 169 Å². The van der Waals surface area contributed by atoms with E-state index in [0.717, 1.165) is 37.2 Å². The summed E-state index contributed by atoms with van der Waals surface area (Å²) in [4.78, 5) is 6.87. The van der Waals surface area contributed by atoms with Crippen molar-refractivity contribution >= 4 is 5.69 Å². The standard InChI is InChI=1S/C21H27F3N2O3/c1-6-10-26(11-7-2)17-12-14(3)19(25-20(17)28-5)16-9-8-15(13-18(16)27-4)29-21(22,23)24/h8-9,12-13H,6-7,10-11H2,1-5H3. The van der Waals surface area contributed by atoms with Gasteiger partial charge in [0, 0.05) is 24.7 Å². The van der Waals surface area contributed by atoms with Crippen LogP contribution in [0.3, 0.4) is 0 Å². The van der Waals surface area contributed by atoms with Gasteiger partial charge in [0.25, 0.3) is 0 Å². The molecular weight excluding hydrogens is 385 g/mol. The van der Waals surface area contributed by atoms with E-state index in [2.05, 4.69) is 28.5 Å². The summed E-state index contributed by atoms with van der Waals surface area (Å²) in [6.07, 6.45) is -2.80. The van der Waals surface area contributed by atoms with E-state index in [1.54, 1.807) is 7.11 Å². The van der Waals surface area contributed by atoms with E-state index in [4.69, 9.17) is 9.47 Å². The van der Waals surface area contributed by atoms with Crippen LogP contribution in [-0.4, -0.2) is 38.7 Å². The van der Waals surface area contributed by atoms with Crippen molar-refractivity contribution in [2.24, 2.45) is 0 Å². The molecule has 160 valence electrons. The van der Waals surface area contributed by atoms with Crippen molar-refractivity contribution in [2.45, 2.75) is 40.0 Å². The summed E-state index contributed by atoms with van der Waals surface area (Å²) >= 11 is 0. The summed E-state index contributed by atoms with van der Waals surface area (Å²) in [5, 5.41) is 0. The molecule has 2 aromatic rings. The van der Waals surface area contributed by atoms with Gasteiger partial charge in [0.05, 0.1) is 19.9 Å². The molecule has 0 aliphatic heterocycles. The molecule has 1 aromatic heterocycles. The maximum Gasteiger partial charge on any atom is 0.573 e. The fraction of sp³-hybridized carbons (Fsp3) is 0.476. The smallest absolute Gasteiger partial charge is 0.496 e. The zero-order valence-corrected chi connectivity index (χ0v) is 17.4. The molecule has 1 heterocycles. The number of halogens is 3. The SMILES string of the molecule is CCCN(CCC)c1cc(C)c(-c2ccc(OC(F)(F)F)cc2OC)nc1OC. The topological polar surface area (TPSA) is 43.8 Å². The number of rotatable bonds is 9. The van der Waals surface area contributed by atoms with Gasteiger partial charge in [-0.3, -0.25) is 0 Å². The second kappa shape index (κ2) is 9.71. The molecule has 29 heavy (non-hydrogen) atoms. The van der Waals surface area contributed by atoms with Crippen LogP contribution in [0.5, 0.6) is 17.4 Å². The lowest BCUT2D eigenvalue weighted by atomic mass is 10.0. The Kier molecular flexibility index (Phi) is 7.59. The van der Waals surface area contributed by atoms with Crippen LogP contribution in [0, 0.1) is 6.92 Å². The second-order valence-electron chi connectivity index (χ2n) is 6.58. The minimum absolute atomic E-state index is 0.233. The number of hydrogen-bond acceptors (Lipinski definition) is 5. The van der Waals surface area contributed by atoms with Crippen LogP contribution in [0.1, 0.15) is 32.3 Å². The third-order valence-electron chi connectivity index (χ3n) is 4.34. The number of pyridine rings is 1. The number of alkyl halides is 3. The van der Waals surface area contributed by atoms with E-state index in [1.807, 2.05) is 13.0 Å². The van der Waals surface area contributed by atoms with Gasteiger partial charge in [-0.25, -0.2) is 4.98 Å². The highest BCUT2D eigenvalue weighted by molar-refractivity contribution is 5.74. The molecule has 1 aromatic carbocycles. The van der Waals surface area contributed by atoms with Gasteiger partial charge in [-0.05, 0) is 43.5 Å². The largest absolute Gasteiger partial charge is 0.573 e. The highest BCUT2D eigenvalue weighted by Crippen LogP contribution is 2.39. The van der Waals surface area contributed by atoms with Gasteiger partial charge in [0.1, 0.15) is 17.2 Å². The molecule has 0 aliphatic rings. The highest BCUT2D eigenvalue weighted by atomic mass is 19.4. The Morgan fingerprint density at radius 3 is 2.17 bits per heavy atom. The first-order valence-corrected chi connectivity index (χ1v) is 9.48. The average molecular weight is 412 g/mol. The van der Waals surface area contributed by atoms with Gasteiger partial charge in [-0.2, -0.15) is 0 Å². The fourth-order valence-corrected chi connectivity index (χ4v) is 3.19. The van der Waals surface area contributed by atoms with Gasteiger partial charge in [-0.15, -0.1) is 13.2 Å². The van der Waals surface area contributed by atoms with Crippen molar-refractivity contribution in [1.82, 2.24) is 4.98 Å². The van der Waals surface area contributed by atoms with Crippen molar-refractivity contribution < 1.29 is 27.4 Å². The molecule has 5 nitrogen and oxygen atoms in total. The van der Waals surface area contributed by atoms with Gasteiger partial charge >= 0.3 is 6.36 Å². The van der Waals surface area contributed by atoms with E-state index in [0.29, 0.717) is 17.1 Å². The van der Waals surface area contributed by atoms with Gasteiger partial charge < -0.3 is 19.1 Å². The molecule has 0 saturated heterocycles. The Balaban J connectivity index is 2.52. The molecule has 0 bridgehead atoms. The Morgan fingerprint density at radius 2 is 1.66 bits per heavy atom. The lowest BCUT2D eigenvalue weighted by molar-refractivity contribution is -0.274. The zero-order valence-electron chi connectivity index (χ0n) is 17.4. The van der Waals surface area contributed by atoms with E-state index < -0.39 is 6.36 Å². The number of methoxy groups -OCH3 is 2. The van der Waals surface area contributed by atoms with Crippen molar-refractivity contribution in [3.63, 3.8) is 0 Å². The molecule has 0 fully saturated rings. The minimum Gasteiger partial charge on any atom is -0.496 e. The van der Waals surface area contributed by atoms with Crippen molar-refractivity contribution in [1.29, 1.82) is 0 Å². The first kappa shape index (κ1) is 22.6. The number of benzene rings is 1. The van der Waals surface area contributed by atoms with Gasteiger partial charge in [0.2, 0.25) is 5.88 Å². The normalized spacial score (nSPS) is 11.3. The van der Waals surface area contributed by atoms with Crippen LogP contribution >= 0.6 is 0 Å². The molecular formula is C21H27F3N2O3. The summed E-state index contributed by atoms with van der Waals surface area (Å²) in [7, 11) is 2.94. The lowest BCUT2D eigenvalue weighted by Gasteiger charge is -2.26. The second-order valence-corrected chi connectivity index (χ2v) is 6.58. The summed E-state index contributed by atoms with van der Waals surface area (Å²) in [6.45, 7) is 7.87. The van der Waals surface area contributed by atoms with E-state index in [-0.39, 0.29) is 11.5 Å². The molecule has 0 saturated carbocycles. The monoisotopic (exact) mass is 412 g/mol. The number of nitrogens with zero attached hydrogens (tertiary/aromatic N) is 2. The summed E-state index contributed by atoms with van der Waals surface area (Å²) in [5.41, 5.74) is 2.89. The summed E-state index contributed by atoms with van der Waals surface area (Å²) in [5.74, 6) is 0.345. The molecule has 2 rings (SSSR count). The van der Waals surface area contributed by atoms with Crippen molar-refractivity contribution in [2.75, 3.05) is 32.2 Å². The number of ether oxygens (including phenoxy) is 3. The van der Waals surface area contributed by atoms with E-state index in [1.165, 1.54) is 25.3 Å². The Bertz CT molecular complexity index is 820. The number of aromatic nitrogens is 1. The maximum absolute atomic E-state index is 12.5. The molecule has 0 unspecified atom stereocenters. The molecule has 0 atom stereocenters. The predicted octanol–water partition coefficient (Wildman–Crippen LogP) is 5.60. The van der Waals surface area contributed by atoms with Crippen LogP contribution < -0.4 is 19.1 Å².